The molecule has 0 radical (unpaired) electrons. The molecule has 0 amide bonds. The zero-order valence-corrected chi connectivity index (χ0v) is 8.03. The molecule has 0 aliphatic carbocycles. The molecular formula is C6H15LiOSi. The van der Waals surface area contributed by atoms with Gasteiger partial charge in [0.1, 0.15) is 0 Å². The maximum absolute atomic E-state index is 5.61. The van der Waals surface area contributed by atoms with Crippen LogP contribution in [0.25, 0.3) is 0 Å². The van der Waals surface area contributed by atoms with Crippen LogP contribution < -0.4 is 0 Å². The van der Waals surface area contributed by atoms with E-state index in [1.165, 1.54) is 11.5 Å². The minimum absolute atomic E-state index is 0.965. The van der Waals surface area contributed by atoms with Crippen LogP contribution in [0.2, 0.25) is 24.7 Å². The third kappa shape index (κ3) is 8.77. The van der Waals surface area contributed by atoms with Crippen LogP contribution in [-0.4, -0.2) is 32.6 Å². The van der Waals surface area contributed by atoms with Gasteiger partial charge in [0.2, 0.25) is 0 Å². The zero-order valence-electron chi connectivity index (χ0n) is 7.03. The van der Waals surface area contributed by atoms with Crippen molar-refractivity contribution in [2.75, 3.05) is 6.61 Å². The summed E-state index contributed by atoms with van der Waals surface area (Å²) < 4.78 is 5.61. The van der Waals surface area contributed by atoms with Crippen LogP contribution in [-0.2, 0) is 4.43 Å². The molecule has 0 aliphatic rings. The summed E-state index contributed by atoms with van der Waals surface area (Å²) in [5.74, 6) is 0. The summed E-state index contributed by atoms with van der Waals surface area (Å²) in [5.41, 5.74) is 0. The SMILES string of the molecule is [Li][CH2]CCO[Si](C)(C)C. The summed E-state index contributed by atoms with van der Waals surface area (Å²) in [4.78, 5) is 0. The van der Waals surface area contributed by atoms with Gasteiger partial charge in [0.25, 0.3) is 0 Å². The monoisotopic (exact) mass is 138 g/mol. The molecule has 0 aromatic carbocycles. The molecule has 0 aliphatic heterocycles. The van der Waals surface area contributed by atoms with Gasteiger partial charge < -0.3 is 0 Å². The van der Waals surface area contributed by atoms with E-state index >= 15 is 0 Å². The average molecular weight is 138 g/mol. The van der Waals surface area contributed by atoms with E-state index in [-0.39, 0.29) is 0 Å². The van der Waals surface area contributed by atoms with E-state index in [4.69, 9.17) is 4.43 Å². The second-order valence-corrected chi connectivity index (χ2v) is 7.83. The fraction of sp³-hybridized carbons (Fsp3) is 1.00. The Kier molecular flexibility index (Phi) is 4.96. The summed E-state index contributed by atoms with van der Waals surface area (Å²) in [6, 6.07) is 0. The first-order valence-corrected chi connectivity index (χ1v) is 7.11. The topological polar surface area (TPSA) is 9.23 Å². The summed E-state index contributed by atoms with van der Waals surface area (Å²) in [6.45, 7) is 7.64. The fourth-order valence-corrected chi connectivity index (χ4v) is 1.28. The fourth-order valence-electron chi connectivity index (χ4n) is 0.523. The van der Waals surface area contributed by atoms with Crippen LogP contribution in [0.3, 0.4) is 0 Å². The molecule has 50 valence electrons. The van der Waals surface area contributed by atoms with Crippen molar-refractivity contribution in [3.05, 3.63) is 0 Å². The first kappa shape index (κ1) is 9.77. The molecular weight excluding hydrogens is 123 g/mol. The molecule has 0 fully saturated rings. The Labute approximate surface area is 68.5 Å². The van der Waals surface area contributed by atoms with E-state index in [1.807, 2.05) is 0 Å². The zero-order chi connectivity index (χ0) is 7.33. The van der Waals surface area contributed by atoms with Crippen molar-refractivity contribution in [3.8, 4) is 0 Å². The first-order chi connectivity index (χ1) is 4.06. The molecule has 0 N–H and O–H groups in total. The van der Waals surface area contributed by atoms with Crippen LogP contribution in [0.5, 0.6) is 0 Å². The third-order valence-corrected chi connectivity index (χ3v) is 2.10. The molecule has 0 atom stereocenters. The summed E-state index contributed by atoms with van der Waals surface area (Å²) >= 11 is 2.19. The predicted molar refractivity (Wildman–Crippen MR) is 44.5 cm³/mol. The van der Waals surface area contributed by atoms with Crippen molar-refractivity contribution in [2.45, 2.75) is 31.2 Å². The van der Waals surface area contributed by atoms with Gasteiger partial charge in [-0.1, -0.05) is 0 Å². The third-order valence-electron chi connectivity index (χ3n) is 1.03. The standard InChI is InChI=1S/C6H15OSi.Li/c1-5-6-7-8(2,3)4;/h1,5-6H2,2-4H3;. The Morgan fingerprint density at radius 2 is 1.89 bits per heavy atom. The molecule has 9 heavy (non-hydrogen) atoms. The summed E-state index contributed by atoms with van der Waals surface area (Å²) in [5, 5.41) is 1.24. The van der Waals surface area contributed by atoms with Crippen LogP contribution >= 0.6 is 0 Å². The van der Waals surface area contributed by atoms with Crippen LogP contribution in [0.4, 0.5) is 0 Å². The van der Waals surface area contributed by atoms with Gasteiger partial charge in [-0.25, -0.2) is 0 Å². The molecule has 0 saturated heterocycles. The van der Waals surface area contributed by atoms with Crippen LogP contribution in [0.15, 0.2) is 0 Å². The molecule has 0 rings (SSSR count). The molecule has 0 spiro atoms. The van der Waals surface area contributed by atoms with E-state index in [0.717, 1.165) is 6.61 Å². The number of hydrogen-bond donors (Lipinski definition) is 0. The van der Waals surface area contributed by atoms with Gasteiger partial charge in [-0.05, 0) is 0 Å². The average Bonchev–Trinajstić information content (AvgIpc) is 1.63. The molecule has 0 bridgehead atoms. The van der Waals surface area contributed by atoms with Crippen LogP contribution in [0, 0.1) is 0 Å². The molecule has 0 unspecified atom stereocenters. The van der Waals surface area contributed by atoms with Crippen molar-refractivity contribution in [1.29, 1.82) is 0 Å². The van der Waals surface area contributed by atoms with Crippen LogP contribution in [0.1, 0.15) is 6.42 Å². The second kappa shape index (κ2) is 4.57. The van der Waals surface area contributed by atoms with Crippen molar-refractivity contribution in [2.24, 2.45) is 0 Å². The summed E-state index contributed by atoms with van der Waals surface area (Å²) in [6.07, 6.45) is 1.21. The molecule has 0 aromatic heterocycles. The van der Waals surface area contributed by atoms with E-state index in [1.54, 1.807) is 0 Å². The first-order valence-electron chi connectivity index (χ1n) is 3.70. The predicted octanol–water partition coefficient (Wildman–Crippen LogP) is 1.81. The molecule has 3 heteroatoms. The van der Waals surface area contributed by atoms with Gasteiger partial charge in [0.15, 0.2) is 0 Å². The Bertz CT molecular complexity index is 69.9. The van der Waals surface area contributed by atoms with E-state index in [9.17, 15) is 0 Å². The maximum atomic E-state index is 5.61. The van der Waals surface area contributed by atoms with Crippen molar-refractivity contribution < 1.29 is 4.43 Å². The number of hydrogen-bond acceptors (Lipinski definition) is 1. The Balaban J connectivity index is 3.07. The minimum atomic E-state index is -1.19. The normalized spacial score (nSPS) is 12.1. The van der Waals surface area contributed by atoms with Crippen molar-refractivity contribution in [1.82, 2.24) is 0 Å². The quantitative estimate of drug-likeness (QED) is 0.425. The Morgan fingerprint density at radius 1 is 1.33 bits per heavy atom. The summed E-state index contributed by atoms with van der Waals surface area (Å²) in [7, 11) is -1.19. The van der Waals surface area contributed by atoms with Gasteiger partial charge in [-0.2, -0.15) is 0 Å². The second-order valence-electron chi connectivity index (χ2n) is 3.31. The molecule has 0 aromatic rings. The van der Waals surface area contributed by atoms with Crippen molar-refractivity contribution in [3.63, 3.8) is 0 Å². The van der Waals surface area contributed by atoms with E-state index in [2.05, 4.69) is 37.4 Å². The van der Waals surface area contributed by atoms with Gasteiger partial charge in [0.05, 0.1) is 0 Å². The van der Waals surface area contributed by atoms with Gasteiger partial charge in [-0.3, -0.25) is 0 Å². The van der Waals surface area contributed by atoms with E-state index in [0.29, 0.717) is 0 Å². The molecule has 1 nitrogen and oxygen atoms in total. The Hall–Kier alpha value is 0.774. The molecule has 0 saturated carbocycles. The Morgan fingerprint density at radius 3 is 2.22 bits per heavy atom. The van der Waals surface area contributed by atoms with Gasteiger partial charge in [-0.15, -0.1) is 0 Å². The van der Waals surface area contributed by atoms with Gasteiger partial charge in [0, 0.05) is 0 Å². The number of rotatable bonds is 4. The van der Waals surface area contributed by atoms with Crippen molar-refractivity contribution >= 4 is 26.0 Å². The van der Waals surface area contributed by atoms with Gasteiger partial charge >= 0.3 is 68.2 Å². The molecule has 0 heterocycles. The van der Waals surface area contributed by atoms with E-state index < -0.39 is 8.32 Å².